The molecular formula is C16H14N2O2S. The predicted molar refractivity (Wildman–Crippen MR) is 83.8 cm³/mol. The van der Waals surface area contributed by atoms with Crippen molar-refractivity contribution >= 4 is 28.0 Å². The maximum atomic E-state index is 11.8. The van der Waals surface area contributed by atoms with E-state index in [4.69, 9.17) is 4.74 Å². The Morgan fingerprint density at radius 2 is 2.05 bits per heavy atom. The molecule has 0 bridgehead atoms. The molecule has 0 saturated carbocycles. The molecule has 0 aliphatic rings. The molecule has 0 saturated heterocycles. The molecule has 0 spiro atoms. The summed E-state index contributed by atoms with van der Waals surface area (Å²) in [5.74, 6) is 0.693. The zero-order valence-corrected chi connectivity index (χ0v) is 12.3. The zero-order valence-electron chi connectivity index (χ0n) is 11.5. The van der Waals surface area contributed by atoms with E-state index < -0.39 is 0 Å². The lowest BCUT2D eigenvalue weighted by Crippen LogP contribution is -2.22. The number of nitrogens with one attached hydrogen (secondary N) is 1. The minimum atomic E-state index is -0.147. The van der Waals surface area contributed by atoms with E-state index >= 15 is 0 Å². The zero-order chi connectivity index (χ0) is 14.7. The van der Waals surface area contributed by atoms with Gasteiger partial charge in [0, 0.05) is 11.9 Å². The molecule has 0 unspecified atom stereocenters. The van der Waals surface area contributed by atoms with Crippen molar-refractivity contribution in [2.24, 2.45) is 0 Å². The SMILES string of the molecule is COc1ccc2cc(CNC(=O)c3cscn3)ccc2c1. The summed E-state index contributed by atoms with van der Waals surface area (Å²) in [5, 5.41) is 6.84. The Bertz CT molecular complexity index is 769. The number of methoxy groups -OCH3 is 1. The van der Waals surface area contributed by atoms with E-state index in [0.29, 0.717) is 12.2 Å². The normalized spacial score (nSPS) is 10.5. The van der Waals surface area contributed by atoms with Crippen LogP contribution in [0.25, 0.3) is 10.8 Å². The van der Waals surface area contributed by atoms with Crippen molar-refractivity contribution in [3.05, 3.63) is 58.5 Å². The molecule has 1 aromatic heterocycles. The summed E-state index contributed by atoms with van der Waals surface area (Å²) < 4.78 is 5.21. The van der Waals surface area contributed by atoms with E-state index in [0.717, 1.165) is 22.1 Å². The highest BCUT2D eigenvalue weighted by atomic mass is 32.1. The van der Waals surface area contributed by atoms with Crippen LogP contribution in [0.4, 0.5) is 0 Å². The van der Waals surface area contributed by atoms with E-state index in [1.54, 1.807) is 18.0 Å². The fourth-order valence-corrected chi connectivity index (χ4v) is 2.64. The number of hydrogen-bond acceptors (Lipinski definition) is 4. The van der Waals surface area contributed by atoms with Crippen molar-refractivity contribution < 1.29 is 9.53 Å². The average Bonchev–Trinajstić information content (AvgIpc) is 3.06. The number of aromatic nitrogens is 1. The first-order valence-corrected chi connectivity index (χ1v) is 7.43. The van der Waals surface area contributed by atoms with Gasteiger partial charge < -0.3 is 10.1 Å². The van der Waals surface area contributed by atoms with Crippen LogP contribution in [0.15, 0.2) is 47.3 Å². The molecule has 2 aromatic carbocycles. The first-order valence-electron chi connectivity index (χ1n) is 6.49. The van der Waals surface area contributed by atoms with Gasteiger partial charge in [-0.15, -0.1) is 11.3 Å². The van der Waals surface area contributed by atoms with Gasteiger partial charge in [-0.05, 0) is 34.5 Å². The minimum absolute atomic E-state index is 0.147. The molecule has 1 N–H and O–H groups in total. The third kappa shape index (κ3) is 3.03. The monoisotopic (exact) mass is 298 g/mol. The van der Waals surface area contributed by atoms with Crippen molar-refractivity contribution in [2.75, 3.05) is 7.11 Å². The molecule has 21 heavy (non-hydrogen) atoms. The fraction of sp³-hybridized carbons (Fsp3) is 0.125. The number of amides is 1. The second-order valence-corrected chi connectivity index (χ2v) is 5.32. The number of carbonyl (C=O) groups is 1. The van der Waals surface area contributed by atoms with Gasteiger partial charge in [0.05, 0.1) is 12.6 Å². The predicted octanol–water partition coefficient (Wildman–Crippen LogP) is 3.23. The van der Waals surface area contributed by atoms with Crippen LogP contribution in [0.1, 0.15) is 16.1 Å². The molecule has 3 aromatic rings. The second kappa shape index (κ2) is 5.93. The van der Waals surface area contributed by atoms with E-state index in [-0.39, 0.29) is 5.91 Å². The lowest BCUT2D eigenvalue weighted by Gasteiger charge is -2.07. The minimum Gasteiger partial charge on any atom is -0.497 e. The van der Waals surface area contributed by atoms with Crippen molar-refractivity contribution in [3.8, 4) is 5.75 Å². The Labute approximate surface area is 126 Å². The van der Waals surface area contributed by atoms with Crippen LogP contribution in [-0.2, 0) is 6.54 Å². The Morgan fingerprint density at radius 3 is 2.81 bits per heavy atom. The summed E-state index contributed by atoms with van der Waals surface area (Å²) in [6.07, 6.45) is 0. The highest BCUT2D eigenvalue weighted by molar-refractivity contribution is 7.07. The van der Waals surface area contributed by atoms with Gasteiger partial charge in [0.2, 0.25) is 0 Å². The van der Waals surface area contributed by atoms with Gasteiger partial charge in [-0.25, -0.2) is 4.98 Å². The summed E-state index contributed by atoms with van der Waals surface area (Å²) >= 11 is 1.41. The summed E-state index contributed by atoms with van der Waals surface area (Å²) in [4.78, 5) is 15.8. The number of rotatable bonds is 4. The first kappa shape index (κ1) is 13.6. The van der Waals surface area contributed by atoms with Gasteiger partial charge in [-0.1, -0.05) is 18.2 Å². The van der Waals surface area contributed by atoms with Crippen LogP contribution in [0.3, 0.4) is 0 Å². The molecule has 0 fully saturated rings. The molecule has 5 heteroatoms. The Hall–Kier alpha value is -2.40. The molecule has 0 radical (unpaired) electrons. The highest BCUT2D eigenvalue weighted by Crippen LogP contribution is 2.21. The summed E-state index contributed by atoms with van der Waals surface area (Å²) in [6.45, 7) is 0.484. The molecule has 0 atom stereocenters. The lowest BCUT2D eigenvalue weighted by molar-refractivity contribution is 0.0946. The van der Waals surface area contributed by atoms with Crippen LogP contribution in [0, 0.1) is 0 Å². The molecule has 1 heterocycles. The van der Waals surface area contributed by atoms with Crippen LogP contribution in [0.5, 0.6) is 5.75 Å². The summed E-state index contributed by atoms with van der Waals surface area (Å²) in [5.41, 5.74) is 3.17. The molecule has 3 rings (SSSR count). The topological polar surface area (TPSA) is 51.2 Å². The van der Waals surface area contributed by atoms with Gasteiger partial charge in [0.25, 0.3) is 5.91 Å². The molecule has 1 amide bonds. The first-order chi connectivity index (χ1) is 10.3. The van der Waals surface area contributed by atoms with E-state index in [2.05, 4.69) is 16.4 Å². The van der Waals surface area contributed by atoms with E-state index in [9.17, 15) is 4.79 Å². The van der Waals surface area contributed by atoms with E-state index in [1.807, 2.05) is 30.3 Å². The summed E-state index contributed by atoms with van der Waals surface area (Å²) in [7, 11) is 1.66. The van der Waals surface area contributed by atoms with Crippen LogP contribution in [0.2, 0.25) is 0 Å². The third-order valence-electron chi connectivity index (χ3n) is 3.23. The standard InChI is InChI=1S/C16H14N2O2S/c1-20-14-5-4-12-6-11(2-3-13(12)7-14)8-17-16(19)15-9-21-10-18-15/h2-7,9-10H,8H2,1H3,(H,17,19). The molecule has 0 aliphatic heterocycles. The number of fused-ring (bicyclic) bond motifs is 1. The quantitative estimate of drug-likeness (QED) is 0.804. The maximum Gasteiger partial charge on any atom is 0.271 e. The fourth-order valence-electron chi connectivity index (χ4n) is 2.11. The maximum absolute atomic E-state index is 11.8. The largest absolute Gasteiger partial charge is 0.497 e. The molecular weight excluding hydrogens is 284 g/mol. The molecule has 106 valence electrons. The van der Waals surface area contributed by atoms with Gasteiger partial charge in [0.1, 0.15) is 11.4 Å². The third-order valence-corrected chi connectivity index (χ3v) is 3.82. The molecule has 4 nitrogen and oxygen atoms in total. The van der Waals surface area contributed by atoms with E-state index in [1.165, 1.54) is 11.3 Å². The van der Waals surface area contributed by atoms with Crippen LogP contribution < -0.4 is 10.1 Å². The average molecular weight is 298 g/mol. The Balaban J connectivity index is 1.74. The van der Waals surface area contributed by atoms with Gasteiger partial charge in [-0.2, -0.15) is 0 Å². The number of hydrogen-bond donors (Lipinski definition) is 1. The lowest BCUT2D eigenvalue weighted by atomic mass is 10.1. The number of ether oxygens (including phenoxy) is 1. The Morgan fingerprint density at radius 1 is 1.24 bits per heavy atom. The van der Waals surface area contributed by atoms with Crippen molar-refractivity contribution in [3.63, 3.8) is 0 Å². The Kier molecular flexibility index (Phi) is 3.83. The second-order valence-electron chi connectivity index (χ2n) is 4.60. The van der Waals surface area contributed by atoms with Crippen LogP contribution in [-0.4, -0.2) is 18.0 Å². The van der Waals surface area contributed by atoms with Crippen LogP contribution >= 0.6 is 11.3 Å². The summed E-state index contributed by atoms with van der Waals surface area (Å²) in [6, 6.07) is 12.0. The van der Waals surface area contributed by atoms with Gasteiger partial charge >= 0.3 is 0 Å². The van der Waals surface area contributed by atoms with Crippen molar-refractivity contribution in [2.45, 2.75) is 6.54 Å². The number of carbonyl (C=O) groups excluding carboxylic acids is 1. The van der Waals surface area contributed by atoms with Crippen molar-refractivity contribution in [1.29, 1.82) is 0 Å². The van der Waals surface area contributed by atoms with Gasteiger partial charge in [0.15, 0.2) is 0 Å². The molecule has 0 aliphatic carbocycles. The highest BCUT2D eigenvalue weighted by Gasteiger charge is 2.07. The smallest absolute Gasteiger partial charge is 0.271 e. The number of benzene rings is 2. The number of thiazole rings is 1. The number of nitrogens with zero attached hydrogens (tertiary/aromatic N) is 1. The van der Waals surface area contributed by atoms with Gasteiger partial charge in [-0.3, -0.25) is 4.79 Å². The van der Waals surface area contributed by atoms with Crippen molar-refractivity contribution in [1.82, 2.24) is 10.3 Å².